The van der Waals surface area contributed by atoms with Crippen LogP contribution in [0.5, 0.6) is 0 Å². The molecule has 0 bridgehead atoms. The lowest BCUT2D eigenvalue weighted by atomic mass is 9.89. The minimum atomic E-state index is -2.20. The first-order valence-electron chi connectivity index (χ1n) is 5.82. The summed E-state index contributed by atoms with van der Waals surface area (Å²) in [5.41, 5.74) is -0.604. The van der Waals surface area contributed by atoms with Gasteiger partial charge in [0.15, 0.2) is 0 Å². The molecule has 0 spiro atoms. The molecule has 0 saturated carbocycles. The summed E-state index contributed by atoms with van der Waals surface area (Å²) in [4.78, 5) is 20.6. The van der Waals surface area contributed by atoms with Gasteiger partial charge in [-0.15, -0.1) is 0 Å². The van der Waals surface area contributed by atoms with Gasteiger partial charge in [-0.1, -0.05) is 0 Å². The number of halogens is 1. The zero-order valence-electron chi connectivity index (χ0n) is 10.5. The van der Waals surface area contributed by atoms with Crippen molar-refractivity contribution in [2.24, 2.45) is 0 Å². The predicted molar refractivity (Wildman–Crippen MR) is 63.5 cm³/mol. The van der Waals surface area contributed by atoms with Gasteiger partial charge in [0.1, 0.15) is 6.42 Å². The largest absolute Gasteiger partial charge is 0.481 e. The maximum atomic E-state index is 13.6. The fraction of sp³-hybridized carbons (Fsp3) is 0.417. The summed E-state index contributed by atoms with van der Waals surface area (Å²) in [6.45, 7) is 1.59. The molecule has 1 aromatic carbocycles. The van der Waals surface area contributed by atoms with Crippen LogP contribution in [0.2, 0.25) is 0 Å². The molecule has 2 N–H and O–H groups in total. The first-order chi connectivity index (χ1) is 9.23. The van der Waals surface area contributed by atoms with E-state index < -0.39 is 40.7 Å². The number of nitro groups is 1. The Morgan fingerprint density at radius 3 is 2.85 bits per heavy atom. The van der Waals surface area contributed by atoms with E-state index in [-0.39, 0.29) is 12.0 Å². The monoisotopic (exact) mass is 285 g/mol. The number of hydrogen-bond acceptors (Lipinski definition) is 5. The molecule has 1 aromatic rings. The zero-order chi connectivity index (χ0) is 15.1. The summed E-state index contributed by atoms with van der Waals surface area (Å²) in [5, 5.41) is 29.9. The Hall–Kier alpha value is -2.06. The van der Waals surface area contributed by atoms with Gasteiger partial charge in [-0.05, 0) is 25.0 Å². The number of benzene rings is 1. The molecular formula is C12H12FNO6. The molecule has 0 fully saturated rings. The van der Waals surface area contributed by atoms with Crippen LogP contribution in [0.25, 0.3) is 0 Å². The predicted octanol–water partition coefficient (Wildman–Crippen LogP) is 1.31. The highest BCUT2D eigenvalue weighted by atomic mass is 19.1. The van der Waals surface area contributed by atoms with Crippen LogP contribution < -0.4 is 0 Å². The van der Waals surface area contributed by atoms with Gasteiger partial charge in [-0.25, -0.2) is 0 Å². The lowest BCUT2D eigenvalue weighted by molar-refractivity contribution is -0.387. The van der Waals surface area contributed by atoms with Crippen LogP contribution in [0.15, 0.2) is 12.1 Å². The number of nitrogens with zero attached hydrogens (tertiary/aromatic N) is 1. The van der Waals surface area contributed by atoms with Crippen molar-refractivity contribution in [2.75, 3.05) is 0 Å². The summed E-state index contributed by atoms with van der Waals surface area (Å²) in [6.07, 6.45) is -1.09. The molecule has 2 rings (SSSR count). The van der Waals surface area contributed by atoms with Crippen LogP contribution in [-0.2, 0) is 21.7 Å². The number of carbonyl (C=O) groups is 1. The van der Waals surface area contributed by atoms with E-state index in [1.807, 2.05) is 0 Å². The number of carboxylic acids is 1. The highest BCUT2D eigenvalue weighted by Crippen LogP contribution is 2.39. The summed E-state index contributed by atoms with van der Waals surface area (Å²) in [7, 11) is 0. The number of hydrogen-bond donors (Lipinski definition) is 2. The van der Waals surface area contributed by atoms with Gasteiger partial charge in [0.05, 0.1) is 11.0 Å². The van der Waals surface area contributed by atoms with Crippen molar-refractivity contribution in [1.82, 2.24) is 0 Å². The number of aliphatic hydroxyl groups is 1. The first kappa shape index (κ1) is 14.4. The normalized spacial score (nSPS) is 25.1. The molecule has 108 valence electrons. The Morgan fingerprint density at radius 2 is 2.30 bits per heavy atom. The molecular weight excluding hydrogens is 273 g/mol. The van der Waals surface area contributed by atoms with E-state index in [1.165, 1.54) is 0 Å². The van der Waals surface area contributed by atoms with Gasteiger partial charge in [0.2, 0.25) is 11.6 Å². The Labute approximate surface area is 112 Å². The third kappa shape index (κ3) is 2.47. The number of nitro benzene ring substituents is 1. The highest BCUT2D eigenvalue weighted by Gasteiger charge is 2.42. The molecule has 0 aromatic heterocycles. The van der Waals surface area contributed by atoms with E-state index in [0.29, 0.717) is 5.56 Å². The average Bonchev–Trinajstić information content (AvgIpc) is 2.25. The lowest BCUT2D eigenvalue weighted by Crippen LogP contribution is -2.41. The number of fused-ring (bicyclic) bond motifs is 1. The fourth-order valence-electron chi connectivity index (χ4n) is 2.37. The summed E-state index contributed by atoms with van der Waals surface area (Å²) in [6, 6.07) is 1.78. The van der Waals surface area contributed by atoms with Gasteiger partial charge < -0.3 is 14.9 Å². The molecule has 1 aliphatic heterocycles. The quantitative estimate of drug-likeness (QED) is 0.640. The maximum absolute atomic E-state index is 13.6. The SMILES string of the molecule is C[C@@H]1Cc2cc(F)c([N+](=O)[O-])cc2C(O)(CC(=O)O)O1. The van der Waals surface area contributed by atoms with Crippen molar-refractivity contribution in [3.63, 3.8) is 0 Å². The van der Waals surface area contributed by atoms with Crippen molar-refractivity contribution < 1.29 is 29.1 Å². The topological polar surface area (TPSA) is 110 Å². The molecule has 0 aliphatic carbocycles. The second-order valence-corrected chi connectivity index (χ2v) is 4.71. The molecule has 0 saturated heterocycles. The lowest BCUT2D eigenvalue weighted by Gasteiger charge is -2.36. The van der Waals surface area contributed by atoms with Gasteiger partial charge in [-0.2, -0.15) is 4.39 Å². The molecule has 7 nitrogen and oxygen atoms in total. The zero-order valence-corrected chi connectivity index (χ0v) is 10.5. The van der Waals surface area contributed by atoms with Gasteiger partial charge in [0.25, 0.3) is 0 Å². The average molecular weight is 285 g/mol. The van der Waals surface area contributed by atoms with Gasteiger partial charge in [-0.3, -0.25) is 14.9 Å². The molecule has 1 unspecified atom stereocenters. The Kier molecular flexibility index (Phi) is 3.45. The molecule has 20 heavy (non-hydrogen) atoms. The van der Waals surface area contributed by atoms with Crippen molar-refractivity contribution in [3.8, 4) is 0 Å². The molecule has 2 atom stereocenters. The third-order valence-corrected chi connectivity index (χ3v) is 3.08. The molecule has 8 heteroatoms. The van der Waals surface area contributed by atoms with Crippen LogP contribution in [0.3, 0.4) is 0 Å². The molecule has 1 heterocycles. The van der Waals surface area contributed by atoms with Crippen LogP contribution in [0, 0.1) is 15.9 Å². The van der Waals surface area contributed by atoms with E-state index in [9.17, 15) is 24.4 Å². The summed E-state index contributed by atoms with van der Waals surface area (Å²) < 4.78 is 18.8. The summed E-state index contributed by atoms with van der Waals surface area (Å²) >= 11 is 0. The van der Waals surface area contributed by atoms with E-state index in [4.69, 9.17) is 9.84 Å². The minimum absolute atomic E-state index is 0.0777. The molecule has 1 aliphatic rings. The van der Waals surface area contributed by atoms with Gasteiger partial charge in [0, 0.05) is 11.6 Å². The van der Waals surface area contributed by atoms with E-state index in [0.717, 1.165) is 12.1 Å². The van der Waals surface area contributed by atoms with E-state index in [2.05, 4.69) is 0 Å². The summed E-state index contributed by atoms with van der Waals surface area (Å²) in [5.74, 6) is -4.56. The second kappa shape index (κ2) is 4.80. The van der Waals surface area contributed by atoms with Crippen LogP contribution in [0.1, 0.15) is 24.5 Å². The maximum Gasteiger partial charge on any atom is 0.309 e. The Bertz CT molecular complexity index is 590. The fourth-order valence-corrected chi connectivity index (χ4v) is 2.37. The molecule has 0 radical (unpaired) electrons. The minimum Gasteiger partial charge on any atom is -0.481 e. The van der Waals surface area contributed by atoms with Crippen molar-refractivity contribution in [3.05, 3.63) is 39.2 Å². The Morgan fingerprint density at radius 1 is 1.65 bits per heavy atom. The second-order valence-electron chi connectivity index (χ2n) is 4.71. The van der Waals surface area contributed by atoms with Crippen molar-refractivity contribution in [1.29, 1.82) is 0 Å². The highest BCUT2D eigenvalue weighted by molar-refractivity contribution is 5.68. The smallest absolute Gasteiger partial charge is 0.309 e. The third-order valence-electron chi connectivity index (χ3n) is 3.08. The number of ether oxygens (including phenoxy) is 1. The van der Waals surface area contributed by atoms with Crippen LogP contribution >= 0.6 is 0 Å². The number of rotatable bonds is 3. The van der Waals surface area contributed by atoms with E-state index >= 15 is 0 Å². The standard InChI is InChI=1S/C12H12FNO6/c1-6-2-7-3-9(13)10(14(18)19)4-8(7)12(17,20-6)5-11(15)16/h3-4,6,17H,2,5H2,1H3,(H,15,16)/t6-,12?/m1/s1. The van der Waals surface area contributed by atoms with Crippen molar-refractivity contribution in [2.45, 2.75) is 31.7 Å². The first-order valence-corrected chi connectivity index (χ1v) is 5.82. The Balaban J connectivity index is 2.60. The van der Waals surface area contributed by atoms with Crippen LogP contribution in [-0.4, -0.2) is 27.2 Å². The number of aliphatic carboxylic acids is 1. The van der Waals surface area contributed by atoms with Gasteiger partial charge >= 0.3 is 11.7 Å². The van der Waals surface area contributed by atoms with Crippen molar-refractivity contribution >= 4 is 11.7 Å². The molecule has 0 amide bonds. The number of carboxylic acid groups (broad SMARTS) is 1. The van der Waals surface area contributed by atoms with E-state index in [1.54, 1.807) is 6.92 Å². The van der Waals surface area contributed by atoms with Crippen LogP contribution in [0.4, 0.5) is 10.1 Å².